The molecule has 0 aliphatic carbocycles. The normalized spacial score (nSPS) is 23.1. The second-order valence-corrected chi connectivity index (χ2v) is 5.85. The van der Waals surface area contributed by atoms with E-state index in [1.165, 1.54) is 11.3 Å². The molecule has 1 fully saturated rings. The minimum Gasteiger partial charge on any atom is -0.375 e. The van der Waals surface area contributed by atoms with E-state index < -0.39 is 0 Å². The summed E-state index contributed by atoms with van der Waals surface area (Å²) in [4.78, 5) is 2.48. The lowest BCUT2D eigenvalue weighted by Gasteiger charge is -2.41. The lowest BCUT2D eigenvalue weighted by Crippen LogP contribution is -2.49. The summed E-state index contributed by atoms with van der Waals surface area (Å²) in [6, 6.07) is 6.66. The van der Waals surface area contributed by atoms with Gasteiger partial charge < -0.3 is 15.0 Å². The lowest BCUT2D eigenvalue weighted by atomic mass is 10.1. The molecule has 0 saturated carbocycles. The zero-order chi connectivity index (χ0) is 14.5. The van der Waals surface area contributed by atoms with Gasteiger partial charge in [0.25, 0.3) is 0 Å². The van der Waals surface area contributed by atoms with E-state index in [1.54, 1.807) is 0 Å². The Kier molecular flexibility index (Phi) is 5.70. The van der Waals surface area contributed by atoms with Crippen molar-refractivity contribution >= 4 is 17.3 Å². The minimum absolute atomic E-state index is 0.278. The van der Waals surface area contributed by atoms with E-state index in [1.807, 2.05) is 6.07 Å². The van der Waals surface area contributed by atoms with Gasteiger partial charge in [0.15, 0.2) is 0 Å². The number of anilines is 1. The van der Waals surface area contributed by atoms with Gasteiger partial charge in [0.1, 0.15) is 0 Å². The van der Waals surface area contributed by atoms with E-state index in [2.05, 4.69) is 43.1 Å². The van der Waals surface area contributed by atoms with Crippen LogP contribution in [0.25, 0.3) is 0 Å². The molecule has 1 aromatic carbocycles. The van der Waals surface area contributed by atoms with Crippen LogP contribution in [0.15, 0.2) is 18.2 Å². The summed E-state index contributed by atoms with van der Waals surface area (Å²) >= 11 is 6.16. The molecule has 112 valence electrons. The lowest BCUT2D eigenvalue weighted by molar-refractivity contribution is 0.0299. The molecular formula is C16H25ClN2O. The van der Waals surface area contributed by atoms with Gasteiger partial charge in [-0.1, -0.05) is 25.4 Å². The zero-order valence-corrected chi connectivity index (χ0v) is 13.4. The molecule has 2 unspecified atom stereocenters. The van der Waals surface area contributed by atoms with Gasteiger partial charge in [-0.05, 0) is 43.7 Å². The third-order valence-electron chi connectivity index (χ3n) is 3.86. The Labute approximate surface area is 127 Å². The first-order valence-corrected chi connectivity index (χ1v) is 7.90. The molecule has 3 nitrogen and oxygen atoms in total. The highest BCUT2D eigenvalue weighted by atomic mass is 35.5. The molecule has 20 heavy (non-hydrogen) atoms. The summed E-state index contributed by atoms with van der Waals surface area (Å²) in [6.45, 7) is 10.0. The highest BCUT2D eigenvalue weighted by Crippen LogP contribution is 2.29. The van der Waals surface area contributed by atoms with Crippen molar-refractivity contribution in [2.24, 2.45) is 0 Å². The summed E-state index contributed by atoms with van der Waals surface area (Å²) in [5.74, 6) is 0. The van der Waals surface area contributed by atoms with Crippen LogP contribution in [0.3, 0.4) is 0 Å². The monoisotopic (exact) mass is 296 g/mol. The predicted octanol–water partition coefficient (Wildman–Crippen LogP) is 3.45. The van der Waals surface area contributed by atoms with E-state index in [4.69, 9.17) is 16.3 Å². The average molecular weight is 297 g/mol. The fourth-order valence-corrected chi connectivity index (χ4v) is 2.91. The first-order chi connectivity index (χ1) is 9.65. The smallest absolute Gasteiger partial charge is 0.0723 e. The maximum atomic E-state index is 6.16. The van der Waals surface area contributed by atoms with Crippen molar-refractivity contribution < 1.29 is 4.74 Å². The maximum Gasteiger partial charge on any atom is 0.0723 e. The van der Waals surface area contributed by atoms with Gasteiger partial charge in [-0.25, -0.2) is 0 Å². The van der Waals surface area contributed by atoms with Gasteiger partial charge in [-0.3, -0.25) is 0 Å². The number of nitrogens with one attached hydrogen (secondary N) is 1. The molecule has 1 N–H and O–H groups in total. The van der Waals surface area contributed by atoms with Crippen molar-refractivity contribution in [1.29, 1.82) is 0 Å². The molecular weight excluding hydrogens is 272 g/mol. The molecule has 1 saturated heterocycles. The molecule has 0 aromatic heterocycles. The fraction of sp³-hybridized carbons (Fsp3) is 0.625. The number of benzene rings is 1. The van der Waals surface area contributed by atoms with Crippen LogP contribution in [0.1, 0.15) is 32.8 Å². The summed E-state index contributed by atoms with van der Waals surface area (Å²) in [6.07, 6.45) is 1.37. The Hall–Kier alpha value is -0.770. The van der Waals surface area contributed by atoms with Crippen LogP contribution in [-0.2, 0) is 11.3 Å². The summed E-state index contributed by atoms with van der Waals surface area (Å²) < 4.78 is 5.79. The number of hydrogen-bond donors (Lipinski definition) is 1. The molecule has 2 rings (SSSR count). The van der Waals surface area contributed by atoms with Gasteiger partial charge in [0.05, 0.1) is 18.8 Å². The standard InChI is InChI=1S/C16H25ClN2O/c1-4-15-11-20-12(3)10-19(15)16-7-6-14(17)8-13(16)9-18-5-2/h6-8,12,15,18H,4-5,9-11H2,1-3H3. The highest BCUT2D eigenvalue weighted by molar-refractivity contribution is 6.30. The predicted molar refractivity (Wildman–Crippen MR) is 85.7 cm³/mol. The van der Waals surface area contributed by atoms with E-state index in [9.17, 15) is 0 Å². The van der Waals surface area contributed by atoms with Gasteiger partial charge >= 0.3 is 0 Å². The van der Waals surface area contributed by atoms with Crippen molar-refractivity contribution in [3.05, 3.63) is 28.8 Å². The number of hydrogen-bond acceptors (Lipinski definition) is 3. The van der Waals surface area contributed by atoms with Crippen molar-refractivity contribution in [3.63, 3.8) is 0 Å². The highest BCUT2D eigenvalue weighted by Gasteiger charge is 2.27. The van der Waals surface area contributed by atoms with Gasteiger partial charge in [-0.15, -0.1) is 0 Å². The van der Waals surface area contributed by atoms with Crippen molar-refractivity contribution in [1.82, 2.24) is 5.32 Å². The van der Waals surface area contributed by atoms with Gasteiger partial charge in [-0.2, -0.15) is 0 Å². The molecule has 1 aliphatic heterocycles. The Bertz CT molecular complexity index is 438. The summed E-state index contributed by atoms with van der Waals surface area (Å²) in [7, 11) is 0. The first-order valence-electron chi connectivity index (χ1n) is 7.53. The SMILES string of the molecule is CCNCc1cc(Cl)ccc1N1CC(C)OCC1CC. The average Bonchev–Trinajstić information content (AvgIpc) is 2.45. The minimum atomic E-state index is 0.278. The van der Waals surface area contributed by atoms with Crippen LogP contribution in [0.4, 0.5) is 5.69 Å². The molecule has 2 atom stereocenters. The number of morpholine rings is 1. The molecule has 4 heteroatoms. The second kappa shape index (κ2) is 7.30. The first kappa shape index (κ1) is 15.6. The molecule has 0 radical (unpaired) electrons. The quantitative estimate of drug-likeness (QED) is 0.901. The molecule has 0 amide bonds. The van der Waals surface area contributed by atoms with Crippen LogP contribution in [-0.4, -0.2) is 31.8 Å². The Morgan fingerprint density at radius 1 is 1.40 bits per heavy atom. The van der Waals surface area contributed by atoms with Crippen LogP contribution in [0.2, 0.25) is 5.02 Å². The van der Waals surface area contributed by atoms with Crippen LogP contribution in [0, 0.1) is 0 Å². The van der Waals surface area contributed by atoms with Crippen LogP contribution >= 0.6 is 11.6 Å². The number of halogens is 1. The maximum absolute atomic E-state index is 6.16. The third kappa shape index (κ3) is 3.66. The zero-order valence-electron chi connectivity index (χ0n) is 12.7. The molecule has 1 aliphatic rings. The van der Waals surface area contributed by atoms with Crippen LogP contribution in [0.5, 0.6) is 0 Å². The van der Waals surface area contributed by atoms with E-state index in [0.29, 0.717) is 6.04 Å². The van der Waals surface area contributed by atoms with E-state index >= 15 is 0 Å². The topological polar surface area (TPSA) is 24.5 Å². The van der Waals surface area contributed by atoms with Crippen molar-refractivity contribution in [2.75, 3.05) is 24.6 Å². The Morgan fingerprint density at radius 2 is 2.20 bits per heavy atom. The number of rotatable bonds is 5. The number of nitrogens with zero attached hydrogens (tertiary/aromatic N) is 1. The van der Waals surface area contributed by atoms with E-state index in [0.717, 1.165) is 37.7 Å². The Morgan fingerprint density at radius 3 is 2.90 bits per heavy atom. The van der Waals surface area contributed by atoms with Gasteiger partial charge in [0, 0.05) is 23.8 Å². The number of ether oxygens (including phenoxy) is 1. The third-order valence-corrected chi connectivity index (χ3v) is 4.09. The van der Waals surface area contributed by atoms with Gasteiger partial charge in [0.2, 0.25) is 0 Å². The summed E-state index contributed by atoms with van der Waals surface area (Å²) in [5, 5.41) is 4.20. The largest absolute Gasteiger partial charge is 0.375 e. The second-order valence-electron chi connectivity index (χ2n) is 5.41. The fourth-order valence-electron chi connectivity index (χ4n) is 2.71. The molecule has 1 aromatic rings. The Balaban J connectivity index is 2.28. The van der Waals surface area contributed by atoms with Crippen LogP contribution < -0.4 is 10.2 Å². The molecule has 1 heterocycles. The molecule has 0 bridgehead atoms. The summed E-state index contributed by atoms with van der Waals surface area (Å²) in [5.41, 5.74) is 2.56. The molecule has 0 spiro atoms. The van der Waals surface area contributed by atoms with E-state index in [-0.39, 0.29) is 6.10 Å². The van der Waals surface area contributed by atoms with Crippen molar-refractivity contribution in [3.8, 4) is 0 Å². The van der Waals surface area contributed by atoms with Crippen molar-refractivity contribution in [2.45, 2.75) is 45.9 Å².